The summed E-state index contributed by atoms with van der Waals surface area (Å²) < 4.78 is 13.4. The molecule has 2 rings (SSSR count). The monoisotopic (exact) mass is 237 g/mol. The van der Waals surface area contributed by atoms with Crippen molar-refractivity contribution in [3.63, 3.8) is 0 Å². The number of piperidine rings is 1. The molecule has 1 aromatic carbocycles. The van der Waals surface area contributed by atoms with Gasteiger partial charge in [0.05, 0.1) is 6.61 Å². The Bertz CT molecular complexity index is 372. The van der Waals surface area contributed by atoms with Crippen LogP contribution < -0.4 is 4.90 Å². The van der Waals surface area contributed by atoms with Gasteiger partial charge in [-0.1, -0.05) is 13.3 Å². The van der Waals surface area contributed by atoms with Crippen molar-refractivity contribution in [3.05, 3.63) is 29.6 Å². The number of nitrogens with zero attached hydrogens (tertiary/aromatic N) is 1. The molecule has 0 radical (unpaired) electrons. The molecule has 0 amide bonds. The van der Waals surface area contributed by atoms with E-state index in [4.69, 9.17) is 5.11 Å². The van der Waals surface area contributed by atoms with Gasteiger partial charge in [-0.2, -0.15) is 0 Å². The second-order valence-electron chi connectivity index (χ2n) is 4.81. The molecule has 0 bridgehead atoms. The van der Waals surface area contributed by atoms with E-state index in [1.165, 1.54) is 25.3 Å². The summed E-state index contributed by atoms with van der Waals surface area (Å²) in [6.45, 7) is 4.11. The lowest BCUT2D eigenvalue weighted by Gasteiger charge is -2.33. The maximum atomic E-state index is 13.4. The van der Waals surface area contributed by atoms with E-state index in [0.717, 1.165) is 24.7 Å². The Kier molecular flexibility index (Phi) is 4.00. The Balaban J connectivity index is 2.10. The van der Waals surface area contributed by atoms with E-state index in [-0.39, 0.29) is 12.4 Å². The summed E-state index contributed by atoms with van der Waals surface area (Å²) >= 11 is 0. The average molecular weight is 237 g/mol. The van der Waals surface area contributed by atoms with E-state index >= 15 is 0 Å². The minimum Gasteiger partial charge on any atom is -0.392 e. The van der Waals surface area contributed by atoms with Crippen LogP contribution in [-0.2, 0) is 6.61 Å². The molecule has 1 aliphatic heterocycles. The summed E-state index contributed by atoms with van der Waals surface area (Å²) in [4.78, 5) is 2.22. The molecule has 0 aliphatic carbocycles. The smallest absolute Gasteiger partial charge is 0.125 e. The number of anilines is 1. The summed E-state index contributed by atoms with van der Waals surface area (Å²) in [6.07, 6.45) is 3.60. The predicted octanol–water partition coefficient (Wildman–Crippen LogP) is 2.94. The molecule has 1 heterocycles. The Hall–Kier alpha value is -1.09. The highest BCUT2D eigenvalue weighted by Gasteiger charge is 2.18. The van der Waals surface area contributed by atoms with Gasteiger partial charge in [-0.05, 0) is 42.5 Å². The maximum Gasteiger partial charge on any atom is 0.125 e. The van der Waals surface area contributed by atoms with Gasteiger partial charge in [-0.25, -0.2) is 4.39 Å². The first-order valence-electron chi connectivity index (χ1n) is 6.38. The van der Waals surface area contributed by atoms with Crippen LogP contribution in [-0.4, -0.2) is 18.2 Å². The fourth-order valence-electron chi connectivity index (χ4n) is 2.51. The molecule has 1 N–H and O–H groups in total. The Morgan fingerprint density at radius 3 is 2.59 bits per heavy atom. The summed E-state index contributed by atoms with van der Waals surface area (Å²) in [5.41, 5.74) is 1.56. The van der Waals surface area contributed by atoms with Crippen LogP contribution in [0, 0.1) is 11.7 Å². The summed E-state index contributed by atoms with van der Waals surface area (Å²) in [5, 5.41) is 9.08. The van der Waals surface area contributed by atoms with Crippen molar-refractivity contribution >= 4 is 5.69 Å². The summed E-state index contributed by atoms with van der Waals surface area (Å²) in [5.74, 6) is 0.557. The van der Waals surface area contributed by atoms with E-state index in [0.29, 0.717) is 5.56 Å². The standard InChI is InChI=1S/C14H20FNO/c1-2-11-3-5-16(6-4-11)14-8-12(10-17)7-13(15)9-14/h7-9,11,17H,2-6,10H2,1H3. The van der Waals surface area contributed by atoms with E-state index in [9.17, 15) is 4.39 Å². The highest BCUT2D eigenvalue weighted by Crippen LogP contribution is 2.26. The van der Waals surface area contributed by atoms with Crippen LogP contribution >= 0.6 is 0 Å². The van der Waals surface area contributed by atoms with Gasteiger partial charge in [-0.15, -0.1) is 0 Å². The van der Waals surface area contributed by atoms with Gasteiger partial charge in [0.2, 0.25) is 0 Å². The fraction of sp³-hybridized carbons (Fsp3) is 0.571. The van der Waals surface area contributed by atoms with E-state index in [1.54, 1.807) is 6.07 Å². The van der Waals surface area contributed by atoms with Crippen molar-refractivity contribution in [2.75, 3.05) is 18.0 Å². The van der Waals surface area contributed by atoms with Crippen molar-refractivity contribution < 1.29 is 9.50 Å². The number of aliphatic hydroxyl groups excluding tert-OH is 1. The average Bonchev–Trinajstić information content (AvgIpc) is 2.38. The predicted molar refractivity (Wildman–Crippen MR) is 67.6 cm³/mol. The topological polar surface area (TPSA) is 23.5 Å². The Labute approximate surface area is 102 Å². The molecule has 0 aromatic heterocycles. The van der Waals surface area contributed by atoms with Crippen molar-refractivity contribution in [3.8, 4) is 0 Å². The van der Waals surface area contributed by atoms with Gasteiger partial charge in [0.15, 0.2) is 0 Å². The van der Waals surface area contributed by atoms with Gasteiger partial charge in [0.25, 0.3) is 0 Å². The molecule has 0 atom stereocenters. The third kappa shape index (κ3) is 2.97. The molecule has 3 heteroatoms. The number of hydrogen-bond donors (Lipinski definition) is 1. The molecule has 1 aromatic rings. The molecule has 94 valence electrons. The lowest BCUT2D eigenvalue weighted by molar-refractivity contribution is 0.281. The van der Waals surface area contributed by atoms with Gasteiger partial charge < -0.3 is 10.0 Å². The minimum atomic E-state index is -0.260. The second kappa shape index (κ2) is 5.50. The highest BCUT2D eigenvalue weighted by atomic mass is 19.1. The largest absolute Gasteiger partial charge is 0.392 e. The molecule has 1 aliphatic rings. The molecule has 1 saturated heterocycles. The molecule has 1 fully saturated rings. The third-order valence-electron chi connectivity index (χ3n) is 3.68. The van der Waals surface area contributed by atoms with Gasteiger partial charge in [-0.3, -0.25) is 0 Å². The first-order chi connectivity index (χ1) is 8.22. The number of benzene rings is 1. The highest BCUT2D eigenvalue weighted by molar-refractivity contribution is 5.49. The van der Waals surface area contributed by atoms with Crippen LogP contribution in [0.3, 0.4) is 0 Å². The number of halogens is 1. The van der Waals surface area contributed by atoms with Crippen LogP contribution in [0.2, 0.25) is 0 Å². The molecule has 0 spiro atoms. The summed E-state index contributed by atoms with van der Waals surface area (Å²) in [6, 6.07) is 4.84. The lowest BCUT2D eigenvalue weighted by Crippen LogP contribution is -2.33. The Morgan fingerprint density at radius 1 is 1.29 bits per heavy atom. The molecule has 17 heavy (non-hydrogen) atoms. The number of hydrogen-bond acceptors (Lipinski definition) is 2. The van der Waals surface area contributed by atoms with Crippen molar-refractivity contribution in [2.24, 2.45) is 5.92 Å². The zero-order chi connectivity index (χ0) is 12.3. The SMILES string of the molecule is CCC1CCN(c2cc(F)cc(CO)c2)CC1. The minimum absolute atomic E-state index is 0.101. The maximum absolute atomic E-state index is 13.4. The van der Waals surface area contributed by atoms with Crippen LogP contribution in [0.15, 0.2) is 18.2 Å². The van der Waals surface area contributed by atoms with Crippen molar-refractivity contribution in [1.29, 1.82) is 0 Å². The number of aliphatic hydroxyl groups is 1. The van der Waals surface area contributed by atoms with E-state index in [1.807, 2.05) is 6.07 Å². The van der Waals surface area contributed by atoms with E-state index in [2.05, 4.69) is 11.8 Å². The van der Waals surface area contributed by atoms with Crippen molar-refractivity contribution in [1.82, 2.24) is 0 Å². The molecule has 0 unspecified atom stereocenters. The molecule has 2 nitrogen and oxygen atoms in total. The molecular weight excluding hydrogens is 217 g/mol. The van der Waals surface area contributed by atoms with Gasteiger partial charge in [0, 0.05) is 18.8 Å². The normalized spacial score (nSPS) is 17.5. The number of rotatable bonds is 3. The summed E-state index contributed by atoms with van der Waals surface area (Å²) in [7, 11) is 0. The van der Waals surface area contributed by atoms with Crippen LogP contribution in [0.4, 0.5) is 10.1 Å². The van der Waals surface area contributed by atoms with Crippen LogP contribution in [0.1, 0.15) is 31.7 Å². The van der Waals surface area contributed by atoms with Crippen molar-refractivity contribution in [2.45, 2.75) is 32.8 Å². The van der Waals surface area contributed by atoms with Crippen LogP contribution in [0.5, 0.6) is 0 Å². The van der Waals surface area contributed by atoms with Gasteiger partial charge >= 0.3 is 0 Å². The molecular formula is C14H20FNO. The quantitative estimate of drug-likeness (QED) is 0.873. The lowest BCUT2D eigenvalue weighted by atomic mass is 9.94. The zero-order valence-electron chi connectivity index (χ0n) is 10.3. The second-order valence-corrected chi connectivity index (χ2v) is 4.81. The zero-order valence-corrected chi connectivity index (χ0v) is 10.3. The first kappa shape index (κ1) is 12.4. The Morgan fingerprint density at radius 2 is 2.00 bits per heavy atom. The van der Waals surface area contributed by atoms with Gasteiger partial charge in [0.1, 0.15) is 5.82 Å². The first-order valence-corrected chi connectivity index (χ1v) is 6.38. The van der Waals surface area contributed by atoms with Crippen LogP contribution in [0.25, 0.3) is 0 Å². The fourth-order valence-corrected chi connectivity index (χ4v) is 2.51. The van der Waals surface area contributed by atoms with E-state index < -0.39 is 0 Å². The third-order valence-corrected chi connectivity index (χ3v) is 3.68. The molecule has 0 saturated carbocycles.